The second kappa shape index (κ2) is 7.56. The van der Waals surface area contributed by atoms with Crippen molar-refractivity contribution in [1.82, 2.24) is 5.32 Å². The van der Waals surface area contributed by atoms with Gasteiger partial charge < -0.3 is 10.4 Å². The number of carboxylic acids is 1. The van der Waals surface area contributed by atoms with E-state index in [1.54, 1.807) is 13.8 Å². The third kappa shape index (κ3) is 5.12. The lowest BCUT2D eigenvalue weighted by molar-refractivity contribution is -0.146. The molecule has 2 N–H and O–H groups in total. The van der Waals surface area contributed by atoms with Crippen molar-refractivity contribution in [1.29, 1.82) is 0 Å². The molecular formula is C15H21NO3. The monoisotopic (exact) mass is 263 g/mol. The molecule has 2 atom stereocenters. The van der Waals surface area contributed by atoms with Crippen LogP contribution in [0.4, 0.5) is 0 Å². The zero-order chi connectivity index (χ0) is 14.3. The van der Waals surface area contributed by atoms with Crippen LogP contribution < -0.4 is 5.32 Å². The SMILES string of the molecule is CC(C(=O)O)C(C)C(=O)NCCCc1ccccc1. The van der Waals surface area contributed by atoms with E-state index >= 15 is 0 Å². The highest BCUT2D eigenvalue weighted by molar-refractivity contribution is 5.84. The van der Waals surface area contributed by atoms with E-state index in [2.05, 4.69) is 17.4 Å². The molecule has 1 aromatic carbocycles. The fourth-order valence-electron chi connectivity index (χ4n) is 1.75. The number of hydrogen-bond donors (Lipinski definition) is 2. The lowest BCUT2D eigenvalue weighted by Crippen LogP contribution is -2.35. The molecule has 0 aliphatic rings. The van der Waals surface area contributed by atoms with E-state index in [4.69, 9.17) is 5.11 Å². The van der Waals surface area contributed by atoms with Gasteiger partial charge in [-0.25, -0.2) is 0 Å². The number of carboxylic acid groups (broad SMARTS) is 1. The minimum absolute atomic E-state index is 0.192. The highest BCUT2D eigenvalue weighted by atomic mass is 16.4. The van der Waals surface area contributed by atoms with Crippen molar-refractivity contribution in [2.45, 2.75) is 26.7 Å². The predicted octanol–water partition coefficient (Wildman–Crippen LogP) is 2.09. The highest BCUT2D eigenvalue weighted by Gasteiger charge is 2.25. The maximum absolute atomic E-state index is 11.7. The summed E-state index contributed by atoms with van der Waals surface area (Å²) in [6.45, 7) is 3.77. The number of aliphatic carboxylic acids is 1. The van der Waals surface area contributed by atoms with E-state index in [1.165, 1.54) is 5.56 Å². The number of aryl methyl sites for hydroxylation is 1. The summed E-state index contributed by atoms with van der Waals surface area (Å²) >= 11 is 0. The molecule has 1 rings (SSSR count). The molecule has 0 spiro atoms. The second-order valence-corrected chi connectivity index (χ2v) is 4.80. The van der Waals surface area contributed by atoms with Crippen LogP contribution in [0, 0.1) is 11.8 Å². The number of hydrogen-bond acceptors (Lipinski definition) is 2. The molecule has 19 heavy (non-hydrogen) atoms. The van der Waals surface area contributed by atoms with Crippen molar-refractivity contribution < 1.29 is 14.7 Å². The molecule has 1 aromatic rings. The Morgan fingerprint density at radius 1 is 1.16 bits per heavy atom. The van der Waals surface area contributed by atoms with Crippen LogP contribution in [0.5, 0.6) is 0 Å². The Morgan fingerprint density at radius 3 is 2.37 bits per heavy atom. The summed E-state index contributed by atoms with van der Waals surface area (Å²) in [4.78, 5) is 22.5. The van der Waals surface area contributed by atoms with Gasteiger partial charge in [0.1, 0.15) is 0 Å². The van der Waals surface area contributed by atoms with E-state index in [0.717, 1.165) is 12.8 Å². The zero-order valence-electron chi connectivity index (χ0n) is 11.4. The van der Waals surface area contributed by atoms with Crippen molar-refractivity contribution in [3.05, 3.63) is 35.9 Å². The second-order valence-electron chi connectivity index (χ2n) is 4.80. The molecule has 0 saturated carbocycles. The van der Waals surface area contributed by atoms with E-state index in [0.29, 0.717) is 6.54 Å². The molecule has 4 heteroatoms. The summed E-state index contributed by atoms with van der Waals surface area (Å²) in [5.74, 6) is -2.29. The fourth-order valence-corrected chi connectivity index (χ4v) is 1.75. The number of carbonyl (C=O) groups is 2. The Morgan fingerprint density at radius 2 is 1.79 bits per heavy atom. The van der Waals surface area contributed by atoms with Gasteiger partial charge in [0.05, 0.1) is 5.92 Å². The van der Waals surface area contributed by atoms with Crippen molar-refractivity contribution in [2.75, 3.05) is 6.54 Å². The van der Waals surface area contributed by atoms with Crippen LogP contribution in [0.1, 0.15) is 25.8 Å². The number of benzene rings is 1. The maximum atomic E-state index is 11.7. The van der Waals surface area contributed by atoms with Gasteiger partial charge in [0.25, 0.3) is 0 Å². The van der Waals surface area contributed by atoms with Crippen molar-refractivity contribution in [3.63, 3.8) is 0 Å². The van der Waals surface area contributed by atoms with Crippen LogP contribution in [0.25, 0.3) is 0 Å². The van der Waals surface area contributed by atoms with Gasteiger partial charge in [-0.3, -0.25) is 9.59 Å². The third-order valence-electron chi connectivity index (χ3n) is 3.34. The predicted molar refractivity (Wildman–Crippen MR) is 73.7 cm³/mol. The first-order valence-electron chi connectivity index (χ1n) is 6.57. The van der Waals surface area contributed by atoms with Gasteiger partial charge in [-0.2, -0.15) is 0 Å². The first-order valence-corrected chi connectivity index (χ1v) is 6.57. The van der Waals surface area contributed by atoms with E-state index in [1.807, 2.05) is 18.2 Å². The van der Waals surface area contributed by atoms with Crippen molar-refractivity contribution in [2.24, 2.45) is 11.8 Å². The lowest BCUT2D eigenvalue weighted by Gasteiger charge is -2.15. The Hall–Kier alpha value is -1.84. The van der Waals surface area contributed by atoms with Crippen LogP contribution in [0.3, 0.4) is 0 Å². The molecule has 0 aromatic heterocycles. The van der Waals surface area contributed by atoms with Crippen LogP contribution in [-0.4, -0.2) is 23.5 Å². The lowest BCUT2D eigenvalue weighted by atomic mass is 9.95. The molecule has 0 aliphatic heterocycles. The number of amides is 1. The van der Waals surface area contributed by atoms with Gasteiger partial charge in [0.15, 0.2) is 0 Å². The summed E-state index contributed by atoms with van der Waals surface area (Å²) in [6.07, 6.45) is 1.76. The normalized spacial score (nSPS) is 13.6. The average molecular weight is 263 g/mol. The highest BCUT2D eigenvalue weighted by Crippen LogP contribution is 2.11. The Kier molecular flexibility index (Phi) is 6.06. The molecule has 0 fully saturated rings. The maximum Gasteiger partial charge on any atom is 0.307 e. The largest absolute Gasteiger partial charge is 0.481 e. The smallest absolute Gasteiger partial charge is 0.307 e. The standard InChI is InChI=1S/C15H21NO3/c1-11(12(2)15(18)19)14(17)16-10-6-9-13-7-4-3-5-8-13/h3-5,7-8,11-12H,6,9-10H2,1-2H3,(H,16,17)(H,18,19). The summed E-state index contributed by atoms with van der Waals surface area (Å²) in [5.41, 5.74) is 1.24. The molecule has 4 nitrogen and oxygen atoms in total. The molecule has 0 radical (unpaired) electrons. The molecule has 0 aliphatic carbocycles. The minimum Gasteiger partial charge on any atom is -0.481 e. The van der Waals surface area contributed by atoms with Gasteiger partial charge in [0, 0.05) is 12.5 Å². The van der Waals surface area contributed by atoms with E-state index < -0.39 is 17.8 Å². The molecule has 1 amide bonds. The van der Waals surface area contributed by atoms with Gasteiger partial charge in [-0.15, -0.1) is 0 Å². The Balaban J connectivity index is 2.26. The van der Waals surface area contributed by atoms with Gasteiger partial charge in [-0.1, -0.05) is 44.2 Å². The number of carbonyl (C=O) groups excluding carboxylic acids is 1. The molecule has 0 heterocycles. The third-order valence-corrected chi connectivity index (χ3v) is 3.34. The van der Waals surface area contributed by atoms with E-state index in [-0.39, 0.29) is 5.91 Å². The van der Waals surface area contributed by atoms with Crippen LogP contribution in [0.15, 0.2) is 30.3 Å². The number of nitrogens with one attached hydrogen (secondary N) is 1. The molecular weight excluding hydrogens is 242 g/mol. The zero-order valence-corrected chi connectivity index (χ0v) is 11.4. The Bertz CT molecular complexity index is 417. The summed E-state index contributed by atoms with van der Waals surface area (Å²) in [7, 11) is 0. The molecule has 0 saturated heterocycles. The van der Waals surface area contributed by atoms with Crippen LogP contribution in [-0.2, 0) is 16.0 Å². The number of rotatable bonds is 7. The van der Waals surface area contributed by atoms with E-state index in [9.17, 15) is 9.59 Å². The fraction of sp³-hybridized carbons (Fsp3) is 0.467. The van der Waals surface area contributed by atoms with Crippen LogP contribution >= 0.6 is 0 Å². The van der Waals surface area contributed by atoms with Crippen molar-refractivity contribution >= 4 is 11.9 Å². The first kappa shape index (κ1) is 15.2. The van der Waals surface area contributed by atoms with Crippen molar-refractivity contribution in [3.8, 4) is 0 Å². The topological polar surface area (TPSA) is 66.4 Å². The Labute approximate surface area is 113 Å². The molecule has 2 unspecified atom stereocenters. The molecule has 104 valence electrons. The first-order chi connectivity index (χ1) is 9.02. The quantitative estimate of drug-likeness (QED) is 0.740. The summed E-state index contributed by atoms with van der Waals surface area (Å²) in [5, 5.41) is 11.6. The summed E-state index contributed by atoms with van der Waals surface area (Å²) in [6, 6.07) is 10.1. The average Bonchev–Trinajstić information content (AvgIpc) is 2.42. The summed E-state index contributed by atoms with van der Waals surface area (Å²) < 4.78 is 0. The molecule has 0 bridgehead atoms. The van der Waals surface area contributed by atoms with Gasteiger partial charge in [0.2, 0.25) is 5.91 Å². The van der Waals surface area contributed by atoms with Crippen LogP contribution in [0.2, 0.25) is 0 Å². The van der Waals surface area contributed by atoms with Gasteiger partial charge >= 0.3 is 5.97 Å². The minimum atomic E-state index is -0.938. The van der Waals surface area contributed by atoms with Gasteiger partial charge in [-0.05, 0) is 18.4 Å².